The van der Waals surface area contributed by atoms with Crippen molar-refractivity contribution >= 4 is 29.0 Å². The van der Waals surface area contributed by atoms with Crippen molar-refractivity contribution in [3.8, 4) is 5.75 Å². The summed E-state index contributed by atoms with van der Waals surface area (Å²) in [7, 11) is 0. The molecule has 1 unspecified atom stereocenters. The lowest BCUT2D eigenvalue weighted by molar-refractivity contribution is -0.118. The average molecular weight is 350 g/mol. The second-order valence-electron chi connectivity index (χ2n) is 5.15. The lowest BCUT2D eigenvalue weighted by atomic mass is 10.2. The lowest BCUT2D eigenvalue weighted by Crippen LogP contribution is -2.23. The van der Waals surface area contributed by atoms with Gasteiger partial charge < -0.3 is 20.5 Å². The number of anilines is 2. The van der Waals surface area contributed by atoms with Crippen LogP contribution in [-0.4, -0.2) is 35.3 Å². The summed E-state index contributed by atoms with van der Waals surface area (Å²) in [5.74, 6) is 0.933. The van der Waals surface area contributed by atoms with Crippen LogP contribution in [0, 0.1) is 0 Å². The second-order valence-corrected chi connectivity index (χ2v) is 5.59. The number of aromatic nitrogens is 1. The molecule has 1 atom stereocenters. The maximum Gasteiger partial charge on any atom is 0.262 e. The molecule has 24 heavy (non-hydrogen) atoms. The third kappa shape index (κ3) is 5.72. The van der Waals surface area contributed by atoms with Gasteiger partial charge >= 0.3 is 0 Å². The van der Waals surface area contributed by atoms with E-state index >= 15 is 0 Å². The van der Waals surface area contributed by atoms with E-state index in [-0.39, 0.29) is 25.2 Å². The molecule has 1 aromatic heterocycles. The van der Waals surface area contributed by atoms with Gasteiger partial charge in [0.25, 0.3) is 5.91 Å². The molecule has 0 saturated heterocycles. The summed E-state index contributed by atoms with van der Waals surface area (Å²) in [4.78, 5) is 16.1. The Kier molecular flexibility index (Phi) is 6.84. The second kappa shape index (κ2) is 9.10. The first-order valence-corrected chi connectivity index (χ1v) is 8.00. The minimum Gasteiger partial charge on any atom is -0.484 e. The van der Waals surface area contributed by atoms with Crippen LogP contribution >= 0.6 is 11.6 Å². The van der Waals surface area contributed by atoms with Crippen LogP contribution in [0.25, 0.3) is 0 Å². The van der Waals surface area contributed by atoms with Crippen LogP contribution in [0.1, 0.15) is 13.3 Å². The number of ether oxygens (including phenoxy) is 1. The highest BCUT2D eigenvalue weighted by molar-refractivity contribution is 6.30. The van der Waals surface area contributed by atoms with Crippen molar-refractivity contribution < 1.29 is 14.6 Å². The van der Waals surface area contributed by atoms with E-state index in [4.69, 9.17) is 21.4 Å². The maximum atomic E-state index is 11.9. The van der Waals surface area contributed by atoms with E-state index in [1.54, 1.807) is 42.6 Å². The Labute approximate surface area is 145 Å². The van der Waals surface area contributed by atoms with Crippen molar-refractivity contribution in [2.45, 2.75) is 19.4 Å². The van der Waals surface area contributed by atoms with E-state index in [0.717, 1.165) is 6.42 Å². The molecule has 0 aliphatic heterocycles. The molecule has 0 fully saturated rings. The summed E-state index contributed by atoms with van der Waals surface area (Å²) >= 11 is 5.78. The van der Waals surface area contributed by atoms with E-state index in [9.17, 15) is 4.79 Å². The summed E-state index contributed by atoms with van der Waals surface area (Å²) < 4.78 is 5.37. The molecule has 0 saturated carbocycles. The van der Waals surface area contributed by atoms with Crippen molar-refractivity contribution in [3.63, 3.8) is 0 Å². The Morgan fingerprint density at radius 3 is 2.62 bits per heavy atom. The van der Waals surface area contributed by atoms with Crippen LogP contribution in [0.5, 0.6) is 5.75 Å². The molecule has 7 heteroatoms. The average Bonchev–Trinajstić information content (AvgIpc) is 2.60. The SMILES string of the molecule is CCC(CO)Nc1ccc(NC(=O)COc2ccc(Cl)cc2)cn1. The Balaban J connectivity index is 1.82. The standard InChI is InChI=1S/C17H20ClN3O3/c1-2-13(10-22)20-16-8-5-14(9-19-16)21-17(23)11-24-15-6-3-12(18)4-7-15/h3-9,13,22H,2,10-11H2,1H3,(H,19,20)(H,21,23). The largest absolute Gasteiger partial charge is 0.484 e. The van der Waals surface area contributed by atoms with Gasteiger partial charge in [0.1, 0.15) is 11.6 Å². The molecule has 0 spiro atoms. The molecule has 3 N–H and O–H groups in total. The number of halogens is 1. The molecular weight excluding hydrogens is 330 g/mol. The first-order valence-electron chi connectivity index (χ1n) is 7.62. The van der Waals surface area contributed by atoms with Gasteiger partial charge in [0, 0.05) is 5.02 Å². The predicted octanol–water partition coefficient (Wildman–Crippen LogP) is 2.94. The highest BCUT2D eigenvalue weighted by Gasteiger charge is 2.07. The molecule has 1 amide bonds. The number of carbonyl (C=O) groups excluding carboxylic acids is 1. The number of carbonyl (C=O) groups is 1. The van der Waals surface area contributed by atoms with Crippen molar-refractivity contribution in [2.75, 3.05) is 23.8 Å². The van der Waals surface area contributed by atoms with Crippen LogP contribution in [0.2, 0.25) is 5.02 Å². The minimum absolute atomic E-state index is 0.0364. The van der Waals surface area contributed by atoms with Gasteiger partial charge in [-0.3, -0.25) is 4.79 Å². The number of aliphatic hydroxyl groups excluding tert-OH is 1. The van der Waals surface area contributed by atoms with Crippen molar-refractivity contribution in [1.29, 1.82) is 0 Å². The zero-order valence-corrected chi connectivity index (χ0v) is 14.1. The summed E-state index contributed by atoms with van der Waals surface area (Å²) in [5, 5.41) is 15.6. The molecule has 6 nitrogen and oxygen atoms in total. The summed E-state index contributed by atoms with van der Waals surface area (Å²) in [6.45, 7) is 1.91. The van der Waals surface area contributed by atoms with Gasteiger partial charge in [0.15, 0.2) is 6.61 Å². The van der Waals surface area contributed by atoms with Gasteiger partial charge in [-0.05, 0) is 42.8 Å². The normalized spacial score (nSPS) is 11.6. The van der Waals surface area contributed by atoms with E-state index < -0.39 is 0 Å². The van der Waals surface area contributed by atoms with E-state index in [1.165, 1.54) is 0 Å². The number of nitrogens with zero attached hydrogens (tertiary/aromatic N) is 1. The van der Waals surface area contributed by atoms with Crippen LogP contribution in [-0.2, 0) is 4.79 Å². The number of amides is 1. The molecule has 0 aliphatic rings. The van der Waals surface area contributed by atoms with Gasteiger partial charge in [-0.1, -0.05) is 18.5 Å². The monoisotopic (exact) mass is 349 g/mol. The first kappa shape index (κ1) is 18.0. The van der Waals surface area contributed by atoms with Crippen molar-refractivity contribution in [1.82, 2.24) is 4.98 Å². The number of aliphatic hydroxyl groups is 1. The van der Waals surface area contributed by atoms with Gasteiger partial charge in [-0.2, -0.15) is 0 Å². The highest BCUT2D eigenvalue weighted by Crippen LogP contribution is 2.16. The number of hydrogen-bond donors (Lipinski definition) is 3. The molecule has 2 rings (SSSR count). The number of nitrogens with one attached hydrogen (secondary N) is 2. The molecule has 0 aliphatic carbocycles. The topological polar surface area (TPSA) is 83.5 Å². The van der Waals surface area contributed by atoms with Crippen LogP contribution in [0.4, 0.5) is 11.5 Å². The Bertz CT molecular complexity index is 643. The zero-order chi connectivity index (χ0) is 17.4. The van der Waals surface area contributed by atoms with Crippen LogP contribution in [0.3, 0.4) is 0 Å². The molecular formula is C17H20ClN3O3. The minimum atomic E-state index is -0.283. The summed E-state index contributed by atoms with van der Waals surface area (Å²) in [6, 6.07) is 10.2. The molecule has 1 aromatic carbocycles. The third-order valence-corrected chi connectivity index (χ3v) is 3.55. The molecule has 128 valence electrons. The Morgan fingerprint density at radius 1 is 1.29 bits per heavy atom. The fourth-order valence-corrected chi connectivity index (χ4v) is 2.04. The Morgan fingerprint density at radius 2 is 2.04 bits per heavy atom. The summed E-state index contributed by atoms with van der Waals surface area (Å²) in [5.41, 5.74) is 0.572. The maximum absolute atomic E-state index is 11.9. The van der Waals surface area contributed by atoms with Crippen LogP contribution < -0.4 is 15.4 Å². The van der Waals surface area contributed by atoms with Gasteiger partial charge in [-0.25, -0.2) is 4.98 Å². The number of pyridine rings is 1. The van der Waals surface area contributed by atoms with E-state index in [1.807, 2.05) is 6.92 Å². The fraction of sp³-hybridized carbons (Fsp3) is 0.294. The van der Waals surface area contributed by atoms with E-state index in [2.05, 4.69) is 15.6 Å². The Hall–Kier alpha value is -2.31. The number of hydrogen-bond acceptors (Lipinski definition) is 5. The highest BCUT2D eigenvalue weighted by atomic mass is 35.5. The molecule has 1 heterocycles. The predicted molar refractivity (Wildman–Crippen MR) is 94.6 cm³/mol. The zero-order valence-electron chi connectivity index (χ0n) is 13.3. The lowest BCUT2D eigenvalue weighted by Gasteiger charge is -2.14. The third-order valence-electron chi connectivity index (χ3n) is 3.30. The smallest absolute Gasteiger partial charge is 0.262 e. The molecule has 0 radical (unpaired) electrons. The van der Waals surface area contributed by atoms with Crippen molar-refractivity contribution in [3.05, 3.63) is 47.6 Å². The molecule has 2 aromatic rings. The first-order chi connectivity index (χ1) is 11.6. The molecule has 0 bridgehead atoms. The van der Waals surface area contributed by atoms with Crippen molar-refractivity contribution in [2.24, 2.45) is 0 Å². The van der Waals surface area contributed by atoms with Gasteiger partial charge in [0.2, 0.25) is 0 Å². The number of rotatable bonds is 8. The van der Waals surface area contributed by atoms with Crippen LogP contribution in [0.15, 0.2) is 42.6 Å². The fourth-order valence-electron chi connectivity index (χ4n) is 1.92. The number of benzene rings is 1. The van der Waals surface area contributed by atoms with Gasteiger partial charge in [-0.15, -0.1) is 0 Å². The van der Waals surface area contributed by atoms with E-state index in [0.29, 0.717) is 22.3 Å². The quantitative estimate of drug-likeness (QED) is 0.682. The summed E-state index contributed by atoms with van der Waals surface area (Å²) in [6.07, 6.45) is 2.34. The van der Waals surface area contributed by atoms with Gasteiger partial charge in [0.05, 0.1) is 24.5 Å².